The van der Waals surface area contributed by atoms with Crippen LogP contribution in [0.1, 0.15) is 5.56 Å². The van der Waals surface area contributed by atoms with Crippen molar-refractivity contribution in [1.82, 2.24) is 0 Å². The van der Waals surface area contributed by atoms with Gasteiger partial charge in [-0.2, -0.15) is 11.3 Å². The summed E-state index contributed by atoms with van der Waals surface area (Å²) in [5.74, 6) is -0.621. The molecule has 0 saturated heterocycles. The molecule has 0 amide bonds. The Bertz CT molecular complexity index is 1090. The number of rotatable bonds is 3. The number of fused-ring (bicyclic) bond motifs is 3. The maximum atomic E-state index is 12.4. The van der Waals surface area contributed by atoms with Crippen LogP contribution in [0.3, 0.4) is 0 Å². The smallest absolute Gasteiger partial charge is 0.347 e. The quantitative estimate of drug-likeness (QED) is 0.578. The third-order valence-corrected chi connectivity index (χ3v) is 4.34. The van der Waals surface area contributed by atoms with E-state index in [0.717, 1.165) is 5.56 Å². The molecule has 0 radical (unpaired) electrons. The predicted molar refractivity (Wildman–Crippen MR) is 86.9 cm³/mol. The van der Waals surface area contributed by atoms with Crippen molar-refractivity contribution in [2.75, 3.05) is 0 Å². The number of thiophene rings is 1. The van der Waals surface area contributed by atoms with Gasteiger partial charge in [-0.3, -0.25) is 4.79 Å². The average molecular weight is 326 g/mol. The van der Waals surface area contributed by atoms with Gasteiger partial charge in [-0.15, -0.1) is 0 Å². The van der Waals surface area contributed by atoms with Crippen LogP contribution >= 0.6 is 11.3 Å². The summed E-state index contributed by atoms with van der Waals surface area (Å²) in [5.41, 5.74) is 1.31. The lowest BCUT2D eigenvalue weighted by molar-refractivity contribution is -0.136. The Morgan fingerprint density at radius 3 is 2.74 bits per heavy atom. The van der Waals surface area contributed by atoms with E-state index in [0.29, 0.717) is 27.9 Å². The SMILES string of the molecule is O=C(O)Cc1c(-c2ccsc2)oc2c1c(=O)oc1ccccc12. The Kier molecular flexibility index (Phi) is 3.06. The van der Waals surface area contributed by atoms with Gasteiger partial charge in [-0.25, -0.2) is 4.79 Å². The molecule has 0 bridgehead atoms. The zero-order valence-corrected chi connectivity index (χ0v) is 12.6. The number of furan rings is 1. The average Bonchev–Trinajstić information content (AvgIpc) is 3.15. The largest absolute Gasteiger partial charge is 0.481 e. The Hall–Kier alpha value is -2.86. The van der Waals surface area contributed by atoms with Crippen molar-refractivity contribution < 1.29 is 18.7 Å². The molecule has 0 atom stereocenters. The van der Waals surface area contributed by atoms with E-state index in [2.05, 4.69) is 0 Å². The number of hydrogen-bond donors (Lipinski definition) is 1. The minimum Gasteiger partial charge on any atom is -0.481 e. The highest BCUT2D eigenvalue weighted by molar-refractivity contribution is 7.08. The molecule has 0 spiro atoms. The van der Waals surface area contributed by atoms with Gasteiger partial charge < -0.3 is 13.9 Å². The predicted octanol–water partition coefficient (Wildman–Crippen LogP) is 3.89. The second kappa shape index (κ2) is 5.10. The van der Waals surface area contributed by atoms with Crippen LogP contribution in [0.25, 0.3) is 33.3 Å². The van der Waals surface area contributed by atoms with Gasteiger partial charge >= 0.3 is 11.6 Å². The summed E-state index contributed by atoms with van der Waals surface area (Å²) in [7, 11) is 0. The summed E-state index contributed by atoms with van der Waals surface area (Å²) in [6.45, 7) is 0. The summed E-state index contributed by atoms with van der Waals surface area (Å²) in [6, 6.07) is 8.87. The van der Waals surface area contributed by atoms with Crippen LogP contribution in [-0.4, -0.2) is 11.1 Å². The van der Waals surface area contributed by atoms with Gasteiger partial charge in [0.25, 0.3) is 0 Å². The van der Waals surface area contributed by atoms with Crippen molar-refractivity contribution in [2.24, 2.45) is 0 Å². The molecular formula is C17H10O5S. The van der Waals surface area contributed by atoms with Crippen LogP contribution in [0, 0.1) is 0 Å². The molecule has 0 unspecified atom stereocenters. The first-order chi connectivity index (χ1) is 11.1. The van der Waals surface area contributed by atoms with E-state index in [1.54, 1.807) is 18.2 Å². The lowest BCUT2D eigenvalue weighted by Gasteiger charge is -1.97. The van der Waals surface area contributed by atoms with Gasteiger partial charge in [-0.05, 0) is 23.6 Å². The Balaban J connectivity index is 2.17. The van der Waals surface area contributed by atoms with Crippen LogP contribution in [0.15, 0.2) is 54.7 Å². The molecule has 4 rings (SSSR count). The third-order valence-electron chi connectivity index (χ3n) is 3.66. The second-order valence-corrected chi connectivity index (χ2v) is 5.86. The number of para-hydroxylation sites is 1. The minimum absolute atomic E-state index is 0.201. The Morgan fingerprint density at radius 1 is 1.17 bits per heavy atom. The third kappa shape index (κ3) is 2.15. The lowest BCUT2D eigenvalue weighted by Crippen LogP contribution is -2.06. The summed E-state index contributed by atoms with van der Waals surface area (Å²) in [6.07, 6.45) is -0.304. The summed E-state index contributed by atoms with van der Waals surface area (Å²) in [5, 5.41) is 13.8. The van der Waals surface area contributed by atoms with E-state index in [4.69, 9.17) is 8.83 Å². The maximum Gasteiger partial charge on any atom is 0.347 e. The molecule has 0 aliphatic carbocycles. The number of carboxylic acid groups (broad SMARTS) is 1. The molecule has 0 saturated carbocycles. The van der Waals surface area contributed by atoms with Crippen LogP contribution in [0.4, 0.5) is 0 Å². The first-order valence-corrected chi connectivity index (χ1v) is 7.81. The van der Waals surface area contributed by atoms with Crippen molar-refractivity contribution in [3.63, 3.8) is 0 Å². The minimum atomic E-state index is -1.03. The fraction of sp³-hybridized carbons (Fsp3) is 0.0588. The summed E-state index contributed by atoms with van der Waals surface area (Å²) < 4.78 is 11.2. The molecule has 5 nitrogen and oxygen atoms in total. The first kappa shape index (κ1) is 13.8. The van der Waals surface area contributed by atoms with Crippen molar-refractivity contribution in [3.05, 3.63) is 57.1 Å². The number of carbonyl (C=O) groups is 1. The molecule has 0 fully saturated rings. The van der Waals surface area contributed by atoms with Gasteiger partial charge in [0.1, 0.15) is 16.7 Å². The monoisotopic (exact) mass is 326 g/mol. The number of carboxylic acids is 1. The molecule has 4 aromatic rings. The standard InChI is InChI=1S/C17H10O5S/c18-13(19)7-11-14-16(22-15(11)9-5-6-23-8-9)10-3-1-2-4-12(10)21-17(14)20/h1-6,8H,7H2,(H,18,19). The fourth-order valence-corrected chi connectivity index (χ4v) is 3.35. The normalized spacial score (nSPS) is 11.3. The fourth-order valence-electron chi connectivity index (χ4n) is 2.71. The molecule has 0 aliphatic heterocycles. The highest BCUT2D eigenvalue weighted by Crippen LogP contribution is 2.36. The molecule has 3 heterocycles. The maximum absolute atomic E-state index is 12.4. The van der Waals surface area contributed by atoms with Crippen molar-refractivity contribution in [3.8, 4) is 11.3 Å². The van der Waals surface area contributed by atoms with Crippen LogP contribution in [0.5, 0.6) is 0 Å². The van der Waals surface area contributed by atoms with Crippen LogP contribution < -0.4 is 5.63 Å². The molecule has 1 N–H and O–H groups in total. The lowest BCUT2D eigenvalue weighted by atomic mass is 10.0. The van der Waals surface area contributed by atoms with Gasteiger partial charge in [0.2, 0.25) is 0 Å². The van der Waals surface area contributed by atoms with E-state index >= 15 is 0 Å². The van der Waals surface area contributed by atoms with Crippen LogP contribution in [-0.2, 0) is 11.2 Å². The van der Waals surface area contributed by atoms with E-state index in [9.17, 15) is 14.7 Å². The molecule has 0 aliphatic rings. The molecule has 3 aromatic heterocycles. The van der Waals surface area contributed by atoms with E-state index in [1.165, 1.54) is 11.3 Å². The van der Waals surface area contributed by atoms with E-state index in [1.807, 2.05) is 22.9 Å². The van der Waals surface area contributed by atoms with Crippen LogP contribution in [0.2, 0.25) is 0 Å². The van der Waals surface area contributed by atoms with Gasteiger partial charge in [0.15, 0.2) is 5.58 Å². The van der Waals surface area contributed by atoms with Gasteiger partial charge in [-0.1, -0.05) is 12.1 Å². The topological polar surface area (TPSA) is 80.6 Å². The highest BCUT2D eigenvalue weighted by Gasteiger charge is 2.23. The Morgan fingerprint density at radius 2 is 2.00 bits per heavy atom. The first-order valence-electron chi connectivity index (χ1n) is 6.86. The Labute approximate surface area is 133 Å². The van der Waals surface area contributed by atoms with Gasteiger partial charge in [0.05, 0.1) is 11.8 Å². The zero-order chi connectivity index (χ0) is 16.0. The summed E-state index contributed by atoms with van der Waals surface area (Å²) >= 11 is 1.47. The second-order valence-electron chi connectivity index (χ2n) is 5.08. The van der Waals surface area contributed by atoms with E-state index in [-0.39, 0.29) is 11.8 Å². The highest BCUT2D eigenvalue weighted by atomic mass is 32.1. The molecule has 1 aromatic carbocycles. The van der Waals surface area contributed by atoms with E-state index < -0.39 is 11.6 Å². The summed E-state index contributed by atoms with van der Waals surface area (Å²) in [4.78, 5) is 23.6. The number of aliphatic carboxylic acids is 1. The van der Waals surface area contributed by atoms with Crippen molar-refractivity contribution in [1.29, 1.82) is 0 Å². The van der Waals surface area contributed by atoms with Crippen molar-refractivity contribution >= 4 is 39.2 Å². The molecular weight excluding hydrogens is 316 g/mol. The number of hydrogen-bond acceptors (Lipinski definition) is 5. The molecule has 114 valence electrons. The molecule has 23 heavy (non-hydrogen) atoms. The van der Waals surface area contributed by atoms with Crippen molar-refractivity contribution in [2.45, 2.75) is 6.42 Å². The number of benzene rings is 1. The zero-order valence-electron chi connectivity index (χ0n) is 11.7. The van der Waals surface area contributed by atoms with Gasteiger partial charge in [0, 0.05) is 16.5 Å². The molecule has 6 heteroatoms.